The fourth-order valence-corrected chi connectivity index (χ4v) is 4.83. The molecule has 5 rings (SSSR count). The smallest absolute Gasteiger partial charge is 0.335 e. The molecular formula is C23H31FN4O4. The number of carbonyl (C=O) groups excluding carboxylic acids is 1. The standard InChI is InChI=1S/C23H31FN4O4/c1-4-30-22(29)16-9-15-10-19(24)21(25-20(15)28(11-16)17-5-6-17)27-8-7-23(14-27)31-13-18(32-23)12-26(2)3/h9-10,17-18H,4-8,11-14H2,1-3H3. The Bertz CT molecular complexity index is 935. The number of ether oxygens (including phenoxy) is 3. The van der Waals surface area contributed by atoms with Crippen LogP contribution in [0.25, 0.3) is 6.08 Å². The lowest BCUT2D eigenvalue weighted by molar-refractivity contribution is -0.151. The Hall–Kier alpha value is -2.23. The Morgan fingerprint density at radius 3 is 2.91 bits per heavy atom. The number of rotatable bonds is 6. The van der Waals surface area contributed by atoms with E-state index in [2.05, 4.69) is 9.80 Å². The molecule has 4 aliphatic rings. The third-order valence-corrected chi connectivity index (χ3v) is 6.41. The van der Waals surface area contributed by atoms with Crippen LogP contribution in [0, 0.1) is 5.82 Å². The van der Waals surface area contributed by atoms with Crippen LogP contribution < -0.4 is 9.80 Å². The zero-order valence-corrected chi connectivity index (χ0v) is 19.0. The lowest BCUT2D eigenvalue weighted by Crippen LogP contribution is -2.38. The molecule has 32 heavy (non-hydrogen) atoms. The highest BCUT2D eigenvalue weighted by Crippen LogP contribution is 2.41. The van der Waals surface area contributed by atoms with Crippen LogP contribution in [0.3, 0.4) is 0 Å². The van der Waals surface area contributed by atoms with E-state index >= 15 is 4.39 Å². The van der Waals surface area contributed by atoms with Gasteiger partial charge in [-0.1, -0.05) is 0 Å². The van der Waals surface area contributed by atoms with Crippen LogP contribution in [0.2, 0.25) is 0 Å². The van der Waals surface area contributed by atoms with Gasteiger partial charge in [0.1, 0.15) is 5.82 Å². The second-order valence-electron chi connectivity index (χ2n) is 9.35. The van der Waals surface area contributed by atoms with E-state index in [1.54, 1.807) is 13.0 Å². The number of hydrogen-bond donors (Lipinski definition) is 0. The first-order valence-corrected chi connectivity index (χ1v) is 11.4. The molecule has 2 saturated heterocycles. The summed E-state index contributed by atoms with van der Waals surface area (Å²) in [5.41, 5.74) is 1.17. The van der Waals surface area contributed by atoms with E-state index in [0.29, 0.717) is 62.3 Å². The van der Waals surface area contributed by atoms with Gasteiger partial charge >= 0.3 is 5.97 Å². The van der Waals surface area contributed by atoms with Crippen molar-refractivity contribution in [3.05, 3.63) is 23.0 Å². The molecule has 2 atom stereocenters. The number of hydrogen-bond acceptors (Lipinski definition) is 8. The average Bonchev–Trinajstić information content (AvgIpc) is 3.41. The fraction of sp³-hybridized carbons (Fsp3) is 0.652. The summed E-state index contributed by atoms with van der Waals surface area (Å²) in [7, 11) is 4.02. The van der Waals surface area contributed by atoms with Gasteiger partial charge in [-0.25, -0.2) is 14.2 Å². The molecule has 0 aromatic carbocycles. The van der Waals surface area contributed by atoms with Gasteiger partial charge in [0.25, 0.3) is 0 Å². The van der Waals surface area contributed by atoms with Gasteiger partial charge in [-0.2, -0.15) is 0 Å². The van der Waals surface area contributed by atoms with Crippen molar-refractivity contribution in [1.82, 2.24) is 9.88 Å². The van der Waals surface area contributed by atoms with E-state index in [0.717, 1.165) is 25.2 Å². The summed E-state index contributed by atoms with van der Waals surface area (Å²) in [4.78, 5) is 23.2. The molecule has 1 aliphatic carbocycles. The molecule has 1 aromatic rings. The number of aromatic nitrogens is 1. The summed E-state index contributed by atoms with van der Waals surface area (Å²) in [6, 6.07) is 1.82. The van der Waals surface area contributed by atoms with Crippen molar-refractivity contribution in [2.24, 2.45) is 0 Å². The highest BCUT2D eigenvalue weighted by atomic mass is 19.1. The van der Waals surface area contributed by atoms with E-state index < -0.39 is 11.6 Å². The van der Waals surface area contributed by atoms with E-state index in [9.17, 15) is 4.79 Å². The van der Waals surface area contributed by atoms with Crippen molar-refractivity contribution in [2.45, 2.75) is 44.1 Å². The molecule has 4 heterocycles. The Labute approximate surface area is 187 Å². The second-order valence-corrected chi connectivity index (χ2v) is 9.35. The van der Waals surface area contributed by atoms with Gasteiger partial charge in [-0.15, -0.1) is 0 Å². The summed E-state index contributed by atoms with van der Waals surface area (Å²) in [6.45, 7) is 4.94. The number of esters is 1. The second kappa shape index (κ2) is 8.28. The molecule has 1 aromatic heterocycles. The molecule has 0 bridgehead atoms. The van der Waals surface area contributed by atoms with Crippen molar-refractivity contribution in [3.8, 4) is 0 Å². The first-order chi connectivity index (χ1) is 15.4. The lowest BCUT2D eigenvalue weighted by Gasteiger charge is -2.31. The van der Waals surface area contributed by atoms with Crippen molar-refractivity contribution in [2.75, 3.05) is 63.3 Å². The average molecular weight is 447 g/mol. The number of nitrogens with zero attached hydrogens (tertiary/aromatic N) is 4. The molecule has 1 spiro atoms. The van der Waals surface area contributed by atoms with Crippen molar-refractivity contribution < 1.29 is 23.4 Å². The molecule has 0 amide bonds. The third kappa shape index (κ3) is 4.09. The highest BCUT2D eigenvalue weighted by molar-refractivity contribution is 5.97. The Kier molecular flexibility index (Phi) is 5.59. The SMILES string of the molecule is CCOC(=O)C1=Cc2cc(F)c(N3CCC4(C3)OCC(CN(C)C)O4)nc2N(C2CC2)C1. The van der Waals surface area contributed by atoms with E-state index in [4.69, 9.17) is 19.2 Å². The number of carbonyl (C=O) groups is 1. The Balaban J connectivity index is 1.39. The number of fused-ring (bicyclic) bond motifs is 1. The zero-order chi connectivity index (χ0) is 22.5. The van der Waals surface area contributed by atoms with Crippen LogP contribution in [0.5, 0.6) is 0 Å². The number of halogens is 1. The minimum atomic E-state index is -0.697. The topological polar surface area (TPSA) is 67.4 Å². The van der Waals surface area contributed by atoms with Crippen LogP contribution >= 0.6 is 0 Å². The molecule has 0 N–H and O–H groups in total. The van der Waals surface area contributed by atoms with Crippen LogP contribution in [0.1, 0.15) is 31.7 Å². The van der Waals surface area contributed by atoms with Gasteiger partial charge in [0.15, 0.2) is 17.4 Å². The minimum absolute atomic E-state index is 0.0167. The zero-order valence-electron chi connectivity index (χ0n) is 19.0. The first kappa shape index (κ1) is 21.6. The van der Waals surface area contributed by atoms with Crippen LogP contribution in [-0.2, 0) is 19.0 Å². The van der Waals surface area contributed by atoms with Gasteiger partial charge < -0.3 is 28.9 Å². The maximum absolute atomic E-state index is 15.2. The monoisotopic (exact) mass is 446 g/mol. The van der Waals surface area contributed by atoms with Crippen molar-refractivity contribution >= 4 is 23.7 Å². The summed E-state index contributed by atoms with van der Waals surface area (Å²) in [5.74, 6) is -0.393. The maximum Gasteiger partial charge on any atom is 0.335 e. The normalized spacial score (nSPS) is 27.3. The third-order valence-electron chi connectivity index (χ3n) is 6.41. The van der Waals surface area contributed by atoms with Gasteiger partial charge in [-0.3, -0.25) is 0 Å². The lowest BCUT2D eigenvalue weighted by atomic mass is 10.1. The quantitative estimate of drug-likeness (QED) is 0.615. The molecule has 1 saturated carbocycles. The summed E-state index contributed by atoms with van der Waals surface area (Å²) < 4.78 is 32.7. The molecule has 0 radical (unpaired) electrons. The van der Waals surface area contributed by atoms with Crippen molar-refractivity contribution in [1.29, 1.82) is 0 Å². The van der Waals surface area contributed by atoms with E-state index in [-0.39, 0.29) is 12.1 Å². The predicted octanol–water partition coefficient (Wildman–Crippen LogP) is 2.03. The van der Waals surface area contributed by atoms with Gasteiger partial charge in [0.2, 0.25) is 0 Å². The largest absolute Gasteiger partial charge is 0.463 e. The van der Waals surface area contributed by atoms with E-state index in [1.807, 2.05) is 19.0 Å². The summed E-state index contributed by atoms with van der Waals surface area (Å²) in [5, 5.41) is 0. The maximum atomic E-state index is 15.2. The summed E-state index contributed by atoms with van der Waals surface area (Å²) in [6.07, 6.45) is 4.50. The minimum Gasteiger partial charge on any atom is -0.463 e. The molecule has 2 unspecified atom stereocenters. The van der Waals surface area contributed by atoms with Crippen LogP contribution in [0.4, 0.5) is 16.0 Å². The Morgan fingerprint density at radius 2 is 2.19 bits per heavy atom. The number of pyridine rings is 1. The van der Waals surface area contributed by atoms with Gasteiger partial charge in [-0.05, 0) is 46.0 Å². The molecule has 9 heteroatoms. The number of likely N-dealkylation sites (N-methyl/N-ethyl adjacent to an activating group) is 1. The molecule has 3 aliphatic heterocycles. The predicted molar refractivity (Wildman–Crippen MR) is 118 cm³/mol. The highest BCUT2D eigenvalue weighted by Gasteiger charge is 2.48. The van der Waals surface area contributed by atoms with Gasteiger partial charge in [0, 0.05) is 31.1 Å². The van der Waals surface area contributed by atoms with Gasteiger partial charge in [0.05, 0.1) is 38.0 Å². The molecule has 174 valence electrons. The first-order valence-electron chi connectivity index (χ1n) is 11.4. The van der Waals surface area contributed by atoms with Crippen LogP contribution in [-0.4, -0.2) is 87.3 Å². The molecular weight excluding hydrogens is 415 g/mol. The molecule has 8 nitrogen and oxygen atoms in total. The summed E-state index contributed by atoms with van der Waals surface area (Å²) >= 11 is 0. The van der Waals surface area contributed by atoms with Crippen LogP contribution in [0.15, 0.2) is 11.6 Å². The van der Waals surface area contributed by atoms with E-state index in [1.165, 1.54) is 6.07 Å². The molecule has 3 fully saturated rings. The fourth-order valence-electron chi connectivity index (χ4n) is 4.83. The number of anilines is 2. The van der Waals surface area contributed by atoms with Crippen molar-refractivity contribution in [3.63, 3.8) is 0 Å². The Morgan fingerprint density at radius 1 is 1.38 bits per heavy atom.